The first-order chi connectivity index (χ1) is 9.65. The fourth-order valence-electron chi connectivity index (χ4n) is 2.97. The molecule has 0 radical (unpaired) electrons. The molecule has 1 aliphatic heterocycles. The van der Waals surface area contributed by atoms with E-state index in [1.807, 2.05) is 25.2 Å². The fraction of sp³-hybridized carbons (Fsp3) is 0.533. The quantitative estimate of drug-likeness (QED) is 0.926. The van der Waals surface area contributed by atoms with Gasteiger partial charge >= 0.3 is 0 Å². The molecule has 1 aromatic carbocycles. The van der Waals surface area contributed by atoms with E-state index in [-0.39, 0.29) is 37.1 Å². The van der Waals surface area contributed by atoms with Crippen LogP contribution < -0.4 is 15.2 Å². The second-order valence-electron chi connectivity index (χ2n) is 5.58. The molecule has 0 saturated heterocycles. The van der Waals surface area contributed by atoms with Crippen LogP contribution in [0.1, 0.15) is 24.8 Å². The highest BCUT2D eigenvalue weighted by molar-refractivity contribution is 5.85. The topological polar surface area (TPSA) is 64.8 Å². The van der Waals surface area contributed by atoms with E-state index in [9.17, 15) is 4.79 Å². The van der Waals surface area contributed by atoms with Crippen LogP contribution in [0.15, 0.2) is 18.2 Å². The van der Waals surface area contributed by atoms with Crippen molar-refractivity contribution < 1.29 is 14.3 Å². The van der Waals surface area contributed by atoms with Gasteiger partial charge in [0, 0.05) is 19.6 Å². The van der Waals surface area contributed by atoms with Crippen LogP contribution in [0.25, 0.3) is 0 Å². The lowest BCUT2D eigenvalue weighted by Crippen LogP contribution is -2.39. The average molecular weight is 313 g/mol. The van der Waals surface area contributed by atoms with Crippen LogP contribution in [0, 0.1) is 5.92 Å². The number of benzene rings is 1. The number of rotatable bonds is 3. The maximum Gasteiger partial charge on any atom is 0.231 e. The molecule has 2 aliphatic rings. The van der Waals surface area contributed by atoms with Gasteiger partial charge in [-0.05, 0) is 30.5 Å². The summed E-state index contributed by atoms with van der Waals surface area (Å²) in [7, 11) is 1.83. The van der Waals surface area contributed by atoms with Gasteiger partial charge in [0.25, 0.3) is 0 Å². The van der Waals surface area contributed by atoms with Gasteiger partial charge in [0.2, 0.25) is 12.7 Å². The number of fused-ring (bicyclic) bond motifs is 1. The molecule has 0 aromatic heterocycles. The molecule has 2 atom stereocenters. The van der Waals surface area contributed by atoms with Gasteiger partial charge in [-0.1, -0.05) is 12.5 Å². The number of amides is 1. The molecule has 6 heteroatoms. The second kappa shape index (κ2) is 6.54. The zero-order valence-electron chi connectivity index (χ0n) is 12.1. The summed E-state index contributed by atoms with van der Waals surface area (Å²) in [6.07, 6.45) is 2.91. The molecule has 3 rings (SSSR count). The predicted octanol–water partition coefficient (Wildman–Crippen LogP) is 1.92. The van der Waals surface area contributed by atoms with Crippen LogP contribution in [0.2, 0.25) is 0 Å². The highest BCUT2D eigenvalue weighted by Gasteiger charge is 2.32. The minimum absolute atomic E-state index is 0. The van der Waals surface area contributed by atoms with E-state index in [1.165, 1.54) is 0 Å². The Balaban J connectivity index is 0.00000161. The first-order valence-corrected chi connectivity index (χ1v) is 7.04. The number of nitrogens with two attached hydrogens (primary N) is 1. The minimum atomic E-state index is -0.0194. The molecular formula is C15H21ClN2O3. The van der Waals surface area contributed by atoms with E-state index in [1.54, 1.807) is 4.90 Å². The maximum absolute atomic E-state index is 12.4. The molecule has 1 fully saturated rings. The average Bonchev–Trinajstić information content (AvgIpc) is 3.05. The van der Waals surface area contributed by atoms with Crippen LogP contribution in [-0.2, 0) is 11.3 Å². The highest BCUT2D eigenvalue weighted by atomic mass is 35.5. The minimum Gasteiger partial charge on any atom is -0.454 e. The molecule has 1 amide bonds. The molecule has 116 valence electrons. The Morgan fingerprint density at radius 2 is 2.10 bits per heavy atom. The lowest BCUT2D eigenvalue weighted by molar-refractivity contribution is -0.134. The third kappa shape index (κ3) is 3.24. The van der Waals surface area contributed by atoms with Crippen molar-refractivity contribution in [1.82, 2.24) is 4.90 Å². The summed E-state index contributed by atoms with van der Waals surface area (Å²) in [4.78, 5) is 14.1. The van der Waals surface area contributed by atoms with Crippen molar-refractivity contribution in [3.05, 3.63) is 23.8 Å². The van der Waals surface area contributed by atoms with E-state index in [2.05, 4.69) is 0 Å². The van der Waals surface area contributed by atoms with Crippen LogP contribution >= 0.6 is 12.4 Å². The molecule has 2 unspecified atom stereocenters. The zero-order chi connectivity index (χ0) is 14.1. The van der Waals surface area contributed by atoms with E-state index in [0.29, 0.717) is 6.54 Å². The SMILES string of the molecule is CN(Cc1ccc2c(c1)OCO2)C(=O)C1CCCC1N.Cl. The van der Waals surface area contributed by atoms with Gasteiger partial charge < -0.3 is 20.1 Å². The Labute approximate surface area is 130 Å². The van der Waals surface area contributed by atoms with Gasteiger partial charge in [-0.15, -0.1) is 12.4 Å². The van der Waals surface area contributed by atoms with E-state index in [0.717, 1.165) is 36.3 Å². The summed E-state index contributed by atoms with van der Waals surface area (Å²) in [5, 5.41) is 0. The molecule has 21 heavy (non-hydrogen) atoms. The zero-order valence-corrected chi connectivity index (χ0v) is 12.9. The first kappa shape index (κ1) is 15.9. The normalized spacial score (nSPS) is 22.8. The Morgan fingerprint density at radius 1 is 1.33 bits per heavy atom. The van der Waals surface area contributed by atoms with Crippen molar-refractivity contribution in [2.24, 2.45) is 11.7 Å². The number of nitrogens with zero attached hydrogens (tertiary/aromatic N) is 1. The molecule has 1 aromatic rings. The van der Waals surface area contributed by atoms with Crippen molar-refractivity contribution >= 4 is 18.3 Å². The van der Waals surface area contributed by atoms with Gasteiger partial charge in [0.05, 0.1) is 5.92 Å². The third-order valence-electron chi connectivity index (χ3n) is 4.12. The highest BCUT2D eigenvalue weighted by Crippen LogP contribution is 2.33. The molecule has 1 heterocycles. The van der Waals surface area contributed by atoms with Gasteiger partial charge in [0.1, 0.15) is 0 Å². The Morgan fingerprint density at radius 3 is 2.81 bits per heavy atom. The number of hydrogen-bond donors (Lipinski definition) is 1. The summed E-state index contributed by atoms with van der Waals surface area (Å²) in [6.45, 7) is 0.836. The third-order valence-corrected chi connectivity index (χ3v) is 4.12. The summed E-state index contributed by atoms with van der Waals surface area (Å²) >= 11 is 0. The molecule has 0 spiro atoms. The van der Waals surface area contributed by atoms with E-state index >= 15 is 0 Å². The standard InChI is InChI=1S/C15H20N2O3.ClH/c1-17(15(18)11-3-2-4-12(11)16)8-10-5-6-13-14(7-10)20-9-19-13;/h5-7,11-12H,2-4,8-9,16H2,1H3;1H. The van der Waals surface area contributed by atoms with E-state index in [4.69, 9.17) is 15.2 Å². The summed E-state index contributed by atoms with van der Waals surface area (Å²) < 4.78 is 10.6. The van der Waals surface area contributed by atoms with Crippen LogP contribution in [0.4, 0.5) is 0 Å². The summed E-state index contributed by atoms with van der Waals surface area (Å²) in [5.41, 5.74) is 7.04. The van der Waals surface area contributed by atoms with Gasteiger partial charge in [-0.2, -0.15) is 0 Å². The van der Waals surface area contributed by atoms with Crippen molar-refractivity contribution in [3.8, 4) is 11.5 Å². The lowest BCUT2D eigenvalue weighted by atomic mass is 10.0. The summed E-state index contributed by atoms with van der Waals surface area (Å²) in [5.74, 6) is 1.64. The van der Waals surface area contributed by atoms with Crippen molar-refractivity contribution in [3.63, 3.8) is 0 Å². The molecular weight excluding hydrogens is 292 g/mol. The number of carbonyl (C=O) groups is 1. The number of halogens is 1. The Bertz CT molecular complexity index is 524. The second-order valence-corrected chi connectivity index (χ2v) is 5.58. The van der Waals surface area contributed by atoms with E-state index < -0.39 is 0 Å². The predicted molar refractivity (Wildman–Crippen MR) is 81.6 cm³/mol. The largest absolute Gasteiger partial charge is 0.454 e. The Hall–Kier alpha value is -1.46. The van der Waals surface area contributed by atoms with Gasteiger partial charge in [-0.3, -0.25) is 4.79 Å². The molecule has 1 aliphatic carbocycles. The molecule has 2 N–H and O–H groups in total. The Kier molecular flexibility index (Phi) is 4.96. The lowest BCUT2D eigenvalue weighted by Gasteiger charge is -2.23. The molecule has 1 saturated carbocycles. The summed E-state index contributed by atoms with van der Waals surface area (Å²) in [6, 6.07) is 5.80. The van der Waals surface area contributed by atoms with Crippen LogP contribution in [0.5, 0.6) is 11.5 Å². The number of carbonyl (C=O) groups excluding carboxylic acids is 1. The molecule has 0 bridgehead atoms. The fourth-order valence-corrected chi connectivity index (χ4v) is 2.97. The molecule has 5 nitrogen and oxygen atoms in total. The van der Waals surface area contributed by atoms with Crippen LogP contribution in [-0.4, -0.2) is 30.7 Å². The first-order valence-electron chi connectivity index (χ1n) is 7.04. The van der Waals surface area contributed by atoms with Crippen molar-refractivity contribution in [2.75, 3.05) is 13.8 Å². The smallest absolute Gasteiger partial charge is 0.231 e. The number of hydrogen-bond acceptors (Lipinski definition) is 4. The van der Waals surface area contributed by atoms with Gasteiger partial charge in [0.15, 0.2) is 11.5 Å². The van der Waals surface area contributed by atoms with Crippen LogP contribution in [0.3, 0.4) is 0 Å². The van der Waals surface area contributed by atoms with Gasteiger partial charge in [-0.25, -0.2) is 0 Å². The van der Waals surface area contributed by atoms with Crippen molar-refractivity contribution in [2.45, 2.75) is 31.8 Å². The van der Waals surface area contributed by atoms with Crippen molar-refractivity contribution in [1.29, 1.82) is 0 Å². The number of ether oxygens (including phenoxy) is 2. The monoisotopic (exact) mass is 312 g/mol. The maximum atomic E-state index is 12.4.